The minimum absolute atomic E-state index is 0.0964. The molecule has 28 heavy (non-hydrogen) atoms. The first-order valence-corrected chi connectivity index (χ1v) is 9.56. The number of nitrogens with two attached hydrogens (primary N) is 1. The SMILES string of the molecule is Cc1c(C(=O)N2CCC(N(C)Cc3nccc(N)n3)C2)oc2c(Cl)cccc12. The maximum atomic E-state index is 13.0. The van der Waals surface area contributed by atoms with Crippen molar-refractivity contribution < 1.29 is 9.21 Å². The number of carbonyl (C=O) groups is 1. The molecule has 0 spiro atoms. The van der Waals surface area contributed by atoms with Crippen LogP contribution in [0.15, 0.2) is 34.9 Å². The number of hydrogen-bond donors (Lipinski definition) is 1. The predicted octanol–water partition coefficient (Wildman–Crippen LogP) is 3.11. The Morgan fingerprint density at radius 3 is 3.00 bits per heavy atom. The molecule has 0 radical (unpaired) electrons. The molecule has 1 fully saturated rings. The minimum Gasteiger partial charge on any atom is -0.449 e. The van der Waals surface area contributed by atoms with Gasteiger partial charge in [-0.3, -0.25) is 9.69 Å². The number of aromatic nitrogens is 2. The first-order valence-electron chi connectivity index (χ1n) is 9.18. The summed E-state index contributed by atoms with van der Waals surface area (Å²) in [6, 6.07) is 7.44. The van der Waals surface area contributed by atoms with E-state index in [0.717, 1.165) is 17.4 Å². The summed E-state index contributed by atoms with van der Waals surface area (Å²) in [7, 11) is 2.01. The Labute approximate surface area is 168 Å². The first kappa shape index (κ1) is 18.7. The zero-order chi connectivity index (χ0) is 19.8. The van der Waals surface area contributed by atoms with E-state index >= 15 is 0 Å². The van der Waals surface area contributed by atoms with Crippen molar-refractivity contribution in [2.45, 2.75) is 25.9 Å². The number of para-hydroxylation sites is 1. The number of benzene rings is 1. The van der Waals surface area contributed by atoms with Crippen LogP contribution in [0.25, 0.3) is 11.0 Å². The number of halogens is 1. The second kappa shape index (κ2) is 7.41. The number of carbonyl (C=O) groups excluding carboxylic acids is 1. The Kier molecular flexibility index (Phi) is 4.95. The molecule has 1 aliphatic rings. The van der Waals surface area contributed by atoms with Gasteiger partial charge in [-0.1, -0.05) is 23.7 Å². The Morgan fingerprint density at radius 1 is 1.43 bits per heavy atom. The van der Waals surface area contributed by atoms with Crippen LogP contribution in [0.5, 0.6) is 0 Å². The number of likely N-dealkylation sites (N-methyl/N-ethyl adjacent to an activating group) is 1. The quantitative estimate of drug-likeness (QED) is 0.725. The van der Waals surface area contributed by atoms with Crippen LogP contribution in [0.2, 0.25) is 5.02 Å². The van der Waals surface area contributed by atoms with E-state index in [1.165, 1.54) is 0 Å². The van der Waals surface area contributed by atoms with Crippen molar-refractivity contribution in [2.24, 2.45) is 0 Å². The van der Waals surface area contributed by atoms with Crippen LogP contribution in [-0.2, 0) is 6.54 Å². The van der Waals surface area contributed by atoms with Gasteiger partial charge in [-0.15, -0.1) is 0 Å². The summed E-state index contributed by atoms with van der Waals surface area (Å²) in [6.45, 7) is 3.78. The van der Waals surface area contributed by atoms with E-state index in [0.29, 0.717) is 47.6 Å². The molecule has 146 valence electrons. The fraction of sp³-hybridized carbons (Fsp3) is 0.350. The molecule has 7 nitrogen and oxygen atoms in total. The maximum absolute atomic E-state index is 13.0. The van der Waals surface area contributed by atoms with E-state index in [4.69, 9.17) is 21.8 Å². The van der Waals surface area contributed by atoms with Crippen LogP contribution in [0.3, 0.4) is 0 Å². The van der Waals surface area contributed by atoms with Gasteiger partial charge in [-0.05, 0) is 32.5 Å². The fourth-order valence-corrected chi connectivity index (χ4v) is 3.90. The van der Waals surface area contributed by atoms with Crippen LogP contribution >= 0.6 is 11.6 Å². The molecule has 3 heterocycles. The van der Waals surface area contributed by atoms with Crippen LogP contribution in [0.4, 0.5) is 5.82 Å². The van der Waals surface area contributed by atoms with Crippen LogP contribution in [-0.4, -0.2) is 51.9 Å². The zero-order valence-electron chi connectivity index (χ0n) is 15.9. The number of furan rings is 1. The Hall–Kier alpha value is -2.64. The summed E-state index contributed by atoms with van der Waals surface area (Å²) in [5, 5.41) is 1.39. The maximum Gasteiger partial charge on any atom is 0.289 e. The molecular weight excluding hydrogens is 378 g/mol. The highest BCUT2D eigenvalue weighted by atomic mass is 35.5. The molecular formula is C20H22ClN5O2. The third-order valence-electron chi connectivity index (χ3n) is 5.30. The van der Waals surface area contributed by atoms with E-state index in [1.807, 2.05) is 31.0 Å². The lowest BCUT2D eigenvalue weighted by Gasteiger charge is -2.23. The standard InChI is InChI=1S/C20H22ClN5O2/c1-12-14-4-3-5-15(21)19(14)28-18(12)20(27)26-9-7-13(10-26)25(2)11-17-23-8-6-16(22)24-17/h3-6,8,13H,7,9-11H2,1-2H3,(H2,22,23,24). The van der Waals surface area contributed by atoms with Crippen molar-refractivity contribution in [3.8, 4) is 0 Å². The van der Waals surface area contributed by atoms with Gasteiger partial charge in [0.25, 0.3) is 5.91 Å². The number of nitrogens with zero attached hydrogens (tertiary/aromatic N) is 4. The molecule has 2 aromatic heterocycles. The lowest BCUT2D eigenvalue weighted by atomic mass is 10.1. The summed E-state index contributed by atoms with van der Waals surface area (Å²) in [5.74, 6) is 1.40. The van der Waals surface area contributed by atoms with Gasteiger partial charge < -0.3 is 15.1 Å². The van der Waals surface area contributed by atoms with Crippen molar-refractivity contribution in [2.75, 3.05) is 25.9 Å². The molecule has 1 aliphatic heterocycles. The molecule has 0 aliphatic carbocycles. The molecule has 8 heteroatoms. The lowest BCUT2D eigenvalue weighted by Crippen LogP contribution is -2.36. The van der Waals surface area contributed by atoms with Gasteiger partial charge in [-0.25, -0.2) is 9.97 Å². The molecule has 4 rings (SSSR count). The number of aryl methyl sites for hydroxylation is 1. The smallest absolute Gasteiger partial charge is 0.289 e. The highest BCUT2D eigenvalue weighted by molar-refractivity contribution is 6.35. The number of amides is 1. The topological polar surface area (TPSA) is 88.5 Å². The highest BCUT2D eigenvalue weighted by Gasteiger charge is 2.32. The molecule has 1 unspecified atom stereocenters. The minimum atomic E-state index is -0.0964. The monoisotopic (exact) mass is 399 g/mol. The van der Waals surface area contributed by atoms with Gasteiger partial charge in [0.1, 0.15) is 11.6 Å². The predicted molar refractivity (Wildman–Crippen MR) is 108 cm³/mol. The molecule has 0 bridgehead atoms. The first-order chi connectivity index (χ1) is 13.4. The van der Waals surface area contributed by atoms with E-state index in [1.54, 1.807) is 18.3 Å². The summed E-state index contributed by atoms with van der Waals surface area (Å²) in [6.07, 6.45) is 2.54. The second-order valence-electron chi connectivity index (χ2n) is 7.18. The molecule has 3 aromatic rings. The number of nitrogen functional groups attached to an aromatic ring is 1. The lowest BCUT2D eigenvalue weighted by molar-refractivity contribution is 0.0749. The number of likely N-dealkylation sites (tertiary alicyclic amines) is 1. The van der Waals surface area contributed by atoms with Crippen molar-refractivity contribution in [3.05, 3.63) is 52.6 Å². The third kappa shape index (κ3) is 3.43. The van der Waals surface area contributed by atoms with E-state index in [-0.39, 0.29) is 11.9 Å². The normalized spacial score (nSPS) is 17.0. The third-order valence-corrected chi connectivity index (χ3v) is 5.60. The van der Waals surface area contributed by atoms with Crippen molar-refractivity contribution in [1.82, 2.24) is 19.8 Å². The van der Waals surface area contributed by atoms with E-state index < -0.39 is 0 Å². The van der Waals surface area contributed by atoms with E-state index in [9.17, 15) is 4.79 Å². The van der Waals surface area contributed by atoms with Gasteiger partial charge in [0.15, 0.2) is 11.3 Å². The van der Waals surface area contributed by atoms with Gasteiger partial charge in [-0.2, -0.15) is 0 Å². The average molecular weight is 400 g/mol. The molecule has 2 N–H and O–H groups in total. The highest BCUT2D eigenvalue weighted by Crippen LogP contribution is 2.32. The van der Waals surface area contributed by atoms with Crippen molar-refractivity contribution in [3.63, 3.8) is 0 Å². The number of hydrogen-bond acceptors (Lipinski definition) is 6. The van der Waals surface area contributed by atoms with Crippen molar-refractivity contribution >= 4 is 34.3 Å². The van der Waals surface area contributed by atoms with Gasteiger partial charge in [0.05, 0.1) is 11.6 Å². The largest absolute Gasteiger partial charge is 0.449 e. The van der Waals surface area contributed by atoms with Crippen molar-refractivity contribution in [1.29, 1.82) is 0 Å². The Bertz CT molecular complexity index is 1030. The molecule has 0 saturated carbocycles. The fourth-order valence-electron chi connectivity index (χ4n) is 3.69. The van der Waals surface area contributed by atoms with Gasteiger partial charge in [0, 0.05) is 36.3 Å². The molecule has 1 saturated heterocycles. The van der Waals surface area contributed by atoms with Gasteiger partial charge in [0.2, 0.25) is 0 Å². The molecule has 1 aromatic carbocycles. The summed E-state index contributed by atoms with van der Waals surface area (Å²) >= 11 is 6.21. The number of anilines is 1. The molecule has 1 amide bonds. The van der Waals surface area contributed by atoms with Crippen LogP contribution in [0, 0.1) is 6.92 Å². The summed E-state index contributed by atoms with van der Waals surface area (Å²) in [4.78, 5) is 25.5. The zero-order valence-corrected chi connectivity index (χ0v) is 16.6. The number of fused-ring (bicyclic) bond motifs is 1. The second-order valence-corrected chi connectivity index (χ2v) is 7.59. The Balaban J connectivity index is 1.47. The number of rotatable bonds is 4. The van der Waals surface area contributed by atoms with Crippen LogP contribution < -0.4 is 5.73 Å². The van der Waals surface area contributed by atoms with E-state index in [2.05, 4.69) is 14.9 Å². The van der Waals surface area contributed by atoms with Gasteiger partial charge >= 0.3 is 0 Å². The summed E-state index contributed by atoms with van der Waals surface area (Å²) in [5.41, 5.74) is 7.12. The van der Waals surface area contributed by atoms with Crippen LogP contribution in [0.1, 0.15) is 28.4 Å². The summed E-state index contributed by atoms with van der Waals surface area (Å²) < 4.78 is 5.84. The average Bonchev–Trinajstić information content (AvgIpc) is 3.28. The Morgan fingerprint density at radius 2 is 2.25 bits per heavy atom. The molecule has 1 atom stereocenters.